The highest BCUT2D eigenvalue weighted by Crippen LogP contribution is 2.19. The predicted octanol–water partition coefficient (Wildman–Crippen LogP) is 2.57. The van der Waals surface area contributed by atoms with E-state index in [1.165, 1.54) is 7.11 Å². The largest absolute Gasteiger partial charge is 0.467 e. The van der Waals surface area contributed by atoms with Gasteiger partial charge in [0.1, 0.15) is 0 Å². The van der Waals surface area contributed by atoms with Crippen LogP contribution < -0.4 is 5.32 Å². The van der Waals surface area contributed by atoms with E-state index in [0.29, 0.717) is 5.95 Å². The van der Waals surface area contributed by atoms with Crippen LogP contribution in [0.4, 0.5) is 5.95 Å². The molecule has 1 aromatic heterocycles. The highest BCUT2D eigenvalue weighted by molar-refractivity contribution is 9.10. The Hall–Kier alpha value is -1.95. The van der Waals surface area contributed by atoms with Gasteiger partial charge in [-0.05, 0) is 21.5 Å². The van der Waals surface area contributed by atoms with Gasteiger partial charge in [0.25, 0.3) is 0 Å². The highest BCUT2D eigenvalue weighted by Gasteiger charge is 2.21. The fourth-order valence-electron chi connectivity index (χ4n) is 1.56. The molecule has 0 radical (unpaired) electrons. The van der Waals surface area contributed by atoms with E-state index in [4.69, 9.17) is 4.74 Å². The van der Waals surface area contributed by atoms with Crippen molar-refractivity contribution in [1.29, 1.82) is 0 Å². The van der Waals surface area contributed by atoms with Gasteiger partial charge in [0.2, 0.25) is 5.95 Å². The van der Waals surface area contributed by atoms with Crippen LogP contribution in [-0.4, -0.2) is 23.0 Å². The standard InChI is InChI=1S/C13H12BrN3O2/c1-19-12(18)11(9-5-3-2-4-6-9)17-13-15-7-10(14)8-16-13/h2-8,11H,1H3,(H,15,16,17). The van der Waals surface area contributed by atoms with Gasteiger partial charge in [-0.2, -0.15) is 0 Å². The number of benzene rings is 1. The van der Waals surface area contributed by atoms with Crippen LogP contribution >= 0.6 is 15.9 Å². The van der Waals surface area contributed by atoms with Crippen molar-refractivity contribution >= 4 is 27.8 Å². The summed E-state index contributed by atoms with van der Waals surface area (Å²) in [6, 6.07) is 8.65. The first kappa shape index (κ1) is 13.5. The number of halogens is 1. The van der Waals surface area contributed by atoms with E-state index in [2.05, 4.69) is 31.2 Å². The van der Waals surface area contributed by atoms with Crippen LogP contribution in [-0.2, 0) is 9.53 Å². The molecular formula is C13H12BrN3O2. The molecule has 1 N–H and O–H groups in total. The Labute approximate surface area is 119 Å². The third kappa shape index (κ3) is 3.51. The second-order valence-corrected chi connectivity index (χ2v) is 4.65. The Morgan fingerprint density at radius 3 is 2.47 bits per heavy atom. The molecule has 6 heteroatoms. The molecule has 0 aliphatic heterocycles. The van der Waals surface area contributed by atoms with Crippen molar-refractivity contribution < 1.29 is 9.53 Å². The summed E-state index contributed by atoms with van der Waals surface area (Å²) in [5, 5.41) is 2.96. The minimum atomic E-state index is -0.632. The van der Waals surface area contributed by atoms with E-state index in [0.717, 1.165) is 10.0 Å². The molecule has 0 aliphatic rings. The molecule has 5 nitrogen and oxygen atoms in total. The van der Waals surface area contributed by atoms with Crippen molar-refractivity contribution in [3.05, 3.63) is 52.8 Å². The van der Waals surface area contributed by atoms with Crippen LogP contribution in [0.2, 0.25) is 0 Å². The van der Waals surface area contributed by atoms with Gasteiger partial charge in [-0.1, -0.05) is 30.3 Å². The lowest BCUT2D eigenvalue weighted by atomic mass is 10.1. The lowest BCUT2D eigenvalue weighted by molar-refractivity contribution is -0.141. The van der Waals surface area contributed by atoms with E-state index in [-0.39, 0.29) is 0 Å². The number of anilines is 1. The van der Waals surface area contributed by atoms with E-state index < -0.39 is 12.0 Å². The van der Waals surface area contributed by atoms with Gasteiger partial charge in [-0.3, -0.25) is 0 Å². The molecule has 1 unspecified atom stereocenters. The number of carbonyl (C=O) groups is 1. The molecule has 1 heterocycles. The quantitative estimate of drug-likeness (QED) is 0.877. The lowest BCUT2D eigenvalue weighted by Gasteiger charge is -2.16. The number of hydrogen-bond acceptors (Lipinski definition) is 5. The predicted molar refractivity (Wildman–Crippen MR) is 74.6 cm³/mol. The first-order valence-corrected chi connectivity index (χ1v) is 6.37. The number of nitrogens with zero attached hydrogens (tertiary/aromatic N) is 2. The minimum absolute atomic E-state index is 0.363. The average molecular weight is 322 g/mol. The molecule has 2 aromatic rings. The van der Waals surface area contributed by atoms with Crippen LogP contribution in [0.15, 0.2) is 47.2 Å². The summed E-state index contributed by atoms with van der Waals surface area (Å²) in [4.78, 5) is 20.0. The van der Waals surface area contributed by atoms with Gasteiger partial charge in [-0.25, -0.2) is 14.8 Å². The molecule has 98 valence electrons. The highest BCUT2D eigenvalue weighted by atomic mass is 79.9. The van der Waals surface area contributed by atoms with E-state index in [1.54, 1.807) is 12.4 Å². The smallest absolute Gasteiger partial charge is 0.333 e. The van der Waals surface area contributed by atoms with Crippen molar-refractivity contribution in [3.8, 4) is 0 Å². The second-order valence-electron chi connectivity index (χ2n) is 3.74. The molecule has 0 fully saturated rings. The van der Waals surface area contributed by atoms with Crippen LogP contribution in [0, 0.1) is 0 Å². The monoisotopic (exact) mass is 321 g/mol. The van der Waals surface area contributed by atoms with E-state index >= 15 is 0 Å². The molecule has 0 saturated carbocycles. The molecule has 0 bridgehead atoms. The molecule has 2 rings (SSSR count). The second kappa shape index (κ2) is 6.29. The molecule has 1 atom stereocenters. The topological polar surface area (TPSA) is 64.1 Å². The summed E-state index contributed by atoms with van der Waals surface area (Å²) in [6.07, 6.45) is 3.21. The van der Waals surface area contributed by atoms with Gasteiger partial charge in [0.05, 0.1) is 11.6 Å². The maximum absolute atomic E-state index is 11.8. The third-order valence-corrected chi connectivity index (χ3v) is 2.87. The number of esters is 1. The van der Waals surface area contributed by atoms with Gasteiger partial charge in [0.15, 0.2) is 6.04 Å². The first-order chi connectivity index (χ1) is 9.20. The molecule has 1 aromatic carbocycles. The van der Waals surface area contributed by atoms with Gasteiger partial charge >= 0.3 is 5.97 Å². The maximum atomic E-state index is 11.8. The average Bonchev–Trinajstić information content (AvgIpc) is 2.47. The Kier molecular flexibility index (Phi) is 4.46. The Morgan fingerprint density at radius 1 is 1.26 bits per heavy atom. The lowest BCUT2D eigenvalue weighted by Crippen LogP contribution is -2.23. The Bertz CT molecular complexity index is 546. The van der Waals surface area contributed by atoms with Crippen molar-refractivity contribution in [2.24, 2.45) is 0 Å². The third-order valence-electron chi connectivity index (χ3n) is 2.46. The molecular weight excluding hydrogens is 310 g/mol. The number of ether oxygens (including phenoxy) is 1. The van der Waals surface area contributed by atoms with Gasteiger partial charge in [-0.15, -0.1) is 0 Å². The van der Waals surface area contributed by atoms with Crippen LogP contribution in [0.5, 0.6) is 0 Å². The van der Waals surface area contributed by atoms with Crippen LogP contribution in [0.25, 0.3) is 0 Å². The molecule has 19 heavy (non-hydrogen) atoms. The fraction of sp³-hybridized carbons (Fsp3) is 0.154. The van der Waals surface area contributed by atoms with E-state index in [9.17, 15) is 4.79 Å². The number of hydrogen-bond donors (Lipinski definition) is 1. The molecule has 0 saturated heterocycles. The van der Waals surface area contributed by atoms with Crippen molar-refractivity contribution in [2.75, 3.05) is 12.4 Å². The summed E-state index contributed by atoms with van der Waals surface area (Å²) in [6.45, 7) is 0. The molecule has 0 spiro atoms. The SMILES string of the molecule is COC(=O)C(Nc1ncc(Br)cn1)c1ccccc1. The number of aromatic nitrogens is 2. The number of rotatable bonds is 4. The summed E-state index contributed by atoms with van der Waals surface area (Å²) in [7, 11) is 1.35. The van der Waals surface area contributed by atoms with E-state index in [1.807, 2.05) is 30.3 Å². The fourth-order valence-corrected chi connectivity index (χ4v) is 1.76. The number of methoxy groups -OCH3 is 1. The normalized spacial score (nSPS) is 11.7. The zero-order valence-corrected chi connectivity index (χ0v) is 11.8. The summed E-state index contributed by atoms with van der Waals surface area (Å²) < 4.78 is 5.57. The Morgan fingerprint density at radius 2 is 1.89 bits per heavy atom. The zero-order valence-electron chi connectivity index (χ0n) is 10.2. The van der Waals surface area contributed by atoms with Gasteiger partial charge < -0.3 is 10.1 Å². The molecule has 0 aliphatic carbocycles. The van der Waals surface area contributed by atoms with Crippen molar-refractivity contribution in [1.82, 2.24) is 9.97 Å². The molecule has 0 amide bonds. The Balaban J connectivity index is 2.24. The zero-order chi connectivity index (χ0) is 13.7. The van der Waals surface area contributed by atoms with Crippen molar-refractivity contribution in [3.63, 3.8) is 0 Å². The summed E-state index contributed by atoms with van der Waals surface area (Å²) >= 11 is 3.25. The summed E-state index contributed by atoms with van der Waals surface area (Å²) in [5.74, 6) is -0.0276. The first-order valence-electron chi connectivity index (χ1n) is 5.57. The number of nitrogens with one attached hydrogen (secondary N) is 1. The van der Waals surface area contributed by atoms with Crippen molar-refractivity contribution in [2.45, 2.75) is 6.04 Å². The summed E-state index contributed by atoms with van der Waals surface area (Å²) in [5.41, 5.74) is 0.792. The van der Waals surface area contributed by atoms with Crippen LogP contribution in [0.3, 0.4) is 0 Å². The van der Waals surface area contributed by atoms with Gasteiger partial charge in [0, 0.05) is 12.4 Å². The van der Waals surface area contributed by atoms with Crippen LogP contribution in [0.1, 0.15) is 11.6 Å². The minimum Gasteiger partial charge on any atom is -0.467 e. The number of carbonyl (C=O) groups excluding carboxylic acids is 1. The maximum Gasteiger partial charge on any atom is 0.333 e.